The summed E-state index contributed by atoms with van der Waals surface area (Å²) >= 11 is 0. The molecule has 392 valence electrons. The first-order valence-electron chi connectivity index (χ1n) is 27.5. The fourth-order valence-electron chi connectivity index (χ4n) is 6.64. The van der Waals surface area contributed by atoms with Crippen LogP contribution in [0.25, 0.3) is 0 Å². The summed E-state index contributed by atoms with van der Waals surface area (Å²) in [5.41, 5.74) is 0. The monoisotopic (exact) mass is 973 g/mol. The van der Waals surface area contributed by atoms with Crippen molar-refractivity contribution in [3.8, 4) is 0 Å². The zero-order valence-electron chi connectivity index (χ0n) is 44.6. The summed E-state index contributed by atoms with van der Waals surface area (Å²) in [7, 11) is 0. The molecule has 1 unspecified atom stereocenters. The molecule has 0 amide bonds. The van der Waals surface area contributed by atoms with Crippen molar-refractivity contribution >= 4 is 17.9 Å². The number of unbranched alkanes of at least 4 members (excludes halogenated alkanes) is 15. The third-order valence-corrected chi connectivity index (χ3v) is 10.7. The van der Waals surface area contributed by atoms with Crippen molar-refractivity contribution in [2.45, 2.75) is 194 Å². The summed E-state index contributed by atoms with van der Waals surface area (Å²) in [4.78, 5) is 38.2. The van der Waals surface area contributed by atoms with Crippen molar-refractivity contribution in [1.82, 2.24) is 0 Å². The van der Waals surface area contributed by atoms with Crippen molar-refractivity contribution < 1.29 is 28.6 Å². The normalized spacial score (nSPS) is 13.6. The molecule has 0 aromatic rings. The lowest BCUT2D eigenvalue weighted by Crippen LogP contribution is -2.30. The van der Waals surface area contributed by atoms with Gasteiger partial charge in [0.2, 0.25) is 0 Å². The van der Waals surface area contributed by atoms with Crippen LogP contribution in [0.2, 0.25) is 0 Å². The first kappa shape index (κ1) is 65.5. The largest absolute Gasteiger partial charge is 0.462 e. The second-order valence-electron chi connectivity index (χ2n) is 17.3. The first-order chi connectivity index (χ1) is 35.0. The quantitative estimate of drug-likeness (QED) is 0.0199. The molecule has 0 radical (unpaired) electrons. The van der Waals surface area contributed by atoms with Crippen molar-refractivity contribution in [2.24, 2.45) is 0 Å². The van der Waals surface area contributed by atoms with Gasteiger partial charge in [-0.2, -0.15) is 0 Å². The van der Waals surface area contributed by atoms with Crippen LogP contribution >= 0.6 is 0 Å². The summed E-state index contributed by atoms with van der Waals surface area (Å²) in [6, 6.07) is 0. The topological polar surface area (TPSA) is 78.9 Å². The van der Waals surface area contributed by atoms with Crippen LogP contribution in [0.1, 0.15) is 188 Å². The van der Waals surface area contributed by atoms with Gasteiger partial charge in [-0.05, 0) is 89.9 Å². The molecule has 0 heterocycles. The second kappa shape index (κ2) is 57.1. The molecule has 6 nitrogen and oxygen atoms in total. The maximum atomic E-state index is 12.9. The Hall–Kier alpha value is -5.49. The predicted molar refractivity (Wildman–Crippen MR) is 306 cm³/mol. The molecule has 0 saturated heterocycles. The maximum absolute atomic E-state index is 12.9. The minimum atomic E-state index is -0.829. The number of ether oxygens (including phenoxy) is 3. The van der Waals surface area contributed by atoms with E-state index in [9.17, 15) is 14.4 Å². The lowest BCUT2D eigenvalue weighted by molar-refractivity contribution is -0.167. The van der Waals surface area contributed by atoms with E-state index in [1.165, 1.54) is 19.3 Å². The van der Waals surface area contributed by atoms with Crippen LogP contribution in [0.15, 0.2) is 182 Å². The minimum absolute atomic E-state index is 0.121. The van der Waals surface area contributed by atoms with E-state index in [0.717, 1.165) is 122 Å². The molecule has 1 atom stereocenters. The van der Waals surface area contributed by atoms with Crippen molar-refractivity contribution in [3.05, 3.63) is 182 Å². The van der Waals surface area contributed by atoms with Gasteiger partial charge >= 0.3 is 17.9 Å². The molecule has 0 spiro atoms. The Balaban J connectivity index is 4.63. The summed E-state index contributed by atoms with van der Waals surface area (Å²) < 4.78 is 16.8. The molecule has 0 aliphatic carbocycles. The van der Waals surface area contributed by atoms with Crippen LogP contribution in [-0.2, 0) is 28.6 Å². The van der Waals surface area contributed by atoms with Crippen LogP contribution in [0.3, 0.4) is 0 Å². The lowest BCUT2D eigenvalue weighted by Gasteiger charge is -2.18. The number of esters is 3. The van der Waals surface area contributed by atoms with E-state index in [0.29, 0.717) is 12.8 Å². The van der Waals surface area contributed by atoms with Crippen molar-refractivity contribution in [2.75, 3.05) is 13.2 Å². The molecule has 0 aromatic carbocycles. The average molecular weight is 973 g/mol. The van der Waals surface area contributed by atoms with Crippen molar-refractivity contribution in [1.29, 1.82) is 0 Å². The molecule has 0 rings (SSSR count). The minimum Gasteiger partial charge on any atom is -0.462 e. The molecule has 0 fully saturated rings. The van der Waals surface area contributed by atoms with Gasteiger partial charge in [-0.15, -0.1) is 0 Å². The fraction of sp³-hybridized carbons (Fsp3) is 0.492. The van der Waals surface area contributed by atoms with E-state index in [-0.39, 0.29) is 44.0 Å². The number of hydrogen-bond donors (Lipinski definition) is 0. The average Bonchev–Trinajstić information content (AvgIpc) is 3.37. The summed E-state index contributed by atoms with van der Waals surface area (Å²) in [5.74, 6) is -1.02. The molecule has 0 bridgehead atoms. The van der Waals surface area contributed by atoms with Gasteiger partial charge in [0.25, 0.3) is 0 Å². The third-order valence-electron chi connectivity index (χ3n) is 10.7. The number of hydrogen-bond acceptors (Lipinski definition) is 6. The van der Waals surface area contributed by atoms with Crippen LogP contribution < -0.4 is 0 Å². The highest BCUT2D eigenvalue weighted by atomic mass is 16.6. The van der Waals surface area contributed by atoms with E-state index in [2.05, 4.69) is 93.7 Å². The van der Waals surface area contributed by atoms with Crippen LogP contribution in [0, 0.1) is 0 Å². The van der Waals surface area contributed by atoms with E-state index < -0.39 is 6.10 Å². The molecule has 0 aliphatic rings. The maximum Gasteiger partial charge on any atom is 0.306 e. The van der Waals surface area contributed by atoms with Gasteiger partial charge in [0.1, 0.15) is 13.2 Å². The second-order valence-corrected chi connectivity index (χ2v) is 17.3. The lowest BCUT2D eigenvalue weighted by atomic mass is 10.1. The zero-order valence-corrected chi connectivity index (χ0v) is 44.6. The smallest absolute Gasteiger partial charge is 0.306 e. The van der Waals surface area contributed by atoms with E-state index in [1.807, 2.05) is 109 Å². The fourth-order valence-corrected chi connectivity index (χ4v) is 6.64. The third kappa shape index (κ3) is 55.3. The van der Waals surface area contributed by atoms with Gasteiger partial charge in [-0.1, -0.05) is 261 Å². The summed E-state index contributed by atoms with van der Waals surface area (Å²) in [6.07, 6.45) is 85.7. The Kier molecular flexibility index (Phi) is 52.7. The van der Waals surface area contributed by atoms with Gasteiger partial charge < -0.3 is 14.2 Å². The molecular formula is C65H96O6. The van der Waals surface area contributed by atoms with E-state index in [1.54, 1.807) is 0 Å². The van der Waals surface area contributed by atoms with Gasteiger partial charge in [-0.25, -0.2) is 0 Å². The number of allylic oxidation sites excluding steroid dienone is 30. The van der Waals surface area contributed by atoms with Crippen LogP contribution in [0.4, 0.5) is 0 Å². The molecule has 0 aromatic heterocycles. The molecule has 6 heteroatoms. The Morgan fingerprint density at radius 3 is 1.04 bits per heavy atom. The summed E-state index contributed by atoms with van der Waals surface area (Å²) in [6.45, 7) is 6.19. The Morgan fingerprint density at radius 1 is 0.310 bits per heavy atom. The Morgan fingerprint density at radius 2 is 0.620 bits per heavy atom. The standard InChI is InChI=1S/C65H96O6/c1-4-7-10-13-16-19-22-25-28-31-33-35-37-40-43-46-49-52-55-58-64(67)70-61-62(60-69-63(66)57-54-51-48-45-42-39-36-30-27-24-21-18-15-12-9-6-3)71-65(68)59-56-53-50-47-44-41-38-34-32-29-26-23-20-17-14-11-8-5-2/h7,9-14,16-23,25-35,37-38,40,43,62H,4-6,8,15,24,36,39,41-42,44-61H2,1-3H3/b10-7-,12-9-,14-11-,16-13-,20-17-,21-18-,22-19-,26-23-,28-25-,30-27-,32-29-,33-31+,37-35-,38-34-,43-40-. The van der Waals surface area contributed by atoms with E-state index >= 15 is 0 Å². The van der Waals surface area contributed by atoms with Gasteiger partial charge in [0, 0.05) is 19.3 Å². The molecule has 0 N–H and O–H groups in total. The SMILES string of the molecule is CC\C=C/C=C\C=C/C=C\C=C\C=C/C=C\CCCCCC(=O)OCC(COC(=O)CCCCCCCC/C=C\C/C=C\C/C=C\CC)OC(=O)CCCCCCC\C=C/C=C\C=C/C=C\C=C/CCC. The number of rotatable bonds is 46. The first-order valence-corrected chi connectivity index (χ1v) is 27.5. The predicted octanol–water partition coefficient (Wildman–Crippen LogP) is 18.5. The Labute approximate surface area is 434 Å². The highest BCUT2D eigenvalue weighted by Crippen LogP contribution is 2.13. The zero-order chi connectivity index (χ0) is 51.4. The number of carbonyl (C=O) groups excluding carboxylic acids is 3. The van der Waals surface area contributed by atoms with E-state index in [4.69, 9.17) is 14.2 Å². The van der Waals surface area contributed by atoms with Gasteiger partial charge in [0.15, 0.2) is 6.10 Å². The highest BCUT2D eigenvalue weighted by molar-refractivity contribution is 5.71. The molecule has 71 heavy (non-hydrogen) atoms. The number of carbonyl (C=O) groups is 3. The van der Waals surface area contributed by atoms with Crippen LogP contribution in [0.5, 0.6) is 0 Å². The van der Waals surface area contributed by atoms with Gasteiger partial charge in [-0.3, -0.25) is 14.4 Å². The molecule has 0 aliphatic heterocycles. The molecule has 0 saturated carbocycles. The van der Waals surface area contributed by atoms with Gasteiger partial charge in [0.05, 0.1) is 0 Å². The van der Waals surface area contributed by atoms with Crippen molar-refractivity contribution in [3.63, 3.8) is 0 Å². The summed E-state index contributed by atoms with van der Waals surface area (Å²) in [5, 5.41) is 0. The highest BCUT2D eigenvalue weighted by Gasteiger charge is 2.19. The van der Waals surface area contributed by atoms with Crippen LogP contribution in [-0.4, -0.2) is 37.2 Å². The molecular weight excluding hydrogens is 877 g/mol. The Bertz CT molecular complexity index is 1730.